The van der Waals surface area contributed by atoms with Gasteiger partial charge >= 0.3 is 0 Å². The van der Waals surface area contributed by atoms with Crippen molar-refractivity contribution in [1.82, 2.24) is 4.98 Å². The summed E-state index contributed by atoms with van der Waals surface area (Å²) in [5, 5.41) is 3.38. The van der Waals surface area contributed by atoms with Crippen molar-refractivity contribution in [3.63, 3.8) is 0 Å². The van der Waals surface area contributed by atoms with Crippen LogP contribution in [0.2, 0.25) is 5.02 Å². The van der Waals surface area contributed by atoms with Gasteiger partial charge in [0, 0.05) is 5.38 Å². The number of nitrogens with zero attached hydrogens (tertiary/aromatic N) is 1. The molecule has 1 aromatic heterocycles. The van der Waals surface area contributed by atoms with Gasteiger partial charge in [0.15, 0.2) is 0 Å². The second-order valence-corrected chi connectivity index (χ2v) is 5.86. The van der Waals surface area contributed by atoms with Crippen LogP contribution in [-0.2, 0) is 12.3 Å². The molecule has 0 amide bonds. The van der Waals surface area contributed by atoms with Crippen LogP contribution in [0.1, 0.15) is 23.5 Å². The SMILES string of the molecule is Fc1ccc(OCCCCc2nc(CCl)cs2)c(Cl)c1. The molecule has 0 unspecified atom stereocenters. The highest BCUT2D eigenvalue weighted by Crippen LogP contribution is 2.25. The molecule has 0 bridgehead atoms. The van der Waals surface area contributed by atoms with Gasteiger partial charge < -0.3 is 4.74 Å². The molecule has 108 valence electrons. The topological polar surface area (TPSA) is 22.1 Å². The Bertz CT molecular complexity index is 562. The first kappa shape index (κ1) is 15.5. The lowest BCUT2D eigenvalue weighted by atomic mass is 10.2. The van der Waals surface area contributed by atoms with E-state index in [9.17, 15) is 4.39 Å². The molecule has 0 radical (unpaired) electrons. The molecule has 1 aromatic carbocycles. The van der Waals surface area contributed by atoms with Gasteiger partial charge in [-0.2, -0.15) is 0 Å². The number of rotatable bonds is 7. The van der Waals surface area contributed by atoms with Gasteiger partial charge in [0.05, 0.1) is 28.2 Å². The predicted octanol–water partition coefficient (Wildman–Crippen LogP) is 5.08. The predicted molar refractivity (Wildman–Crippen MR) is 81.5 cm³/mol. The monoisotopic (exact) mass is 333 g/mol. The molecule has 2 nitrogen and oxygen atoms in total. The van der Waals surface area contributed by atoms with E-state index in [1.165, 1.54) is 12.1 Å². The van der Waals surface area contributed by atoms with E-state index in [4.69, 9.17) is 27.9 Å². The van der Waals surface area contributed by atoms with E-state index in [2.05, 4.69) is 4.98 Å². The van der Waals surface area contributed by atoms with Crippen LogP contribution in [0.3, 0.4) is 0 Å². The molecule has 0 spiro atoms. The van der Waals surface area contributed by atoms with E-state index in [0.29, 0.717) is 23.3 Å². The van der Waals surface area contributed by atoms with Gasteiger partial charge in [0.2, 0.25) is 0 Å². The molecule has 20 heavy (non-hydrogen) atoms. The van der Waals surface area contributed by atoms with Gasteiger partial charge in [0.25, 0.3) is 0 Å². The lowest BCUT2D eigenvalue weighted by Gasteiger charge is -2.07. The molecule has 6 heteroatoms. The molecular weight excluding hydrogens is 320 g/mol. The number of benzene rings is 1. The Kier molecular flexibility index (Phi) is 6.07. The van der Waals surface area contributed by atoms with Gasteiger partial charge in [-0.15, -0.1) is 22.9 Å². The summed E-state index contributed by atoms with van der Waals surface area (Å²) in [7, 11) is 0. The summed E-state index contributed by atoms with van der Waals surface area (Å²) < 4.78 is 18.4. The molecule has 0 N–H and O–H groups in total. The van der Waals surface area contributed by atoms with Crippen LogP contribution in [0.5, 0.6) is 5.75 Å². The third-order valence-electron chi connectivity index (χ3n) is 2.67. The molecule has 2 rings (SSSR count). The minimum absolute atomic E-state index is 0.302. The van der Waals surface area contributed by atoms with Gasteiger partial charge in [-0.1, -0.05) is 11.6 Å². The number of hydrogen-bond donors (Lipinski definition) is 0. The van der Waals surface area contributed by atoms with Crippen molar-refractivity contribution in [2.24, 2.45) is 0 Å². The van der Waals surface area contributed by atoms with Crippen LogP contribution >= 0.6 is 34.5 Å². The first-order valence-electron chi connectivity index (χ1n) is 6.26. The quantitative estimate of drug-likeness (QED) is 0.521. The number of aromatic nitrogens is 1. The third kappa shape index (κ3) is 4.62. The van der Waals surface area contributed by atoms with Crippen molar-refractivity contribution in [3.05, 3.63) is 45.1 Å². The number of alkyl halides is 1. The average Bonchev–Trinajstić information content (AvgIpc) is 2.88. The first-order valence-corrected chi connectivity index (χ1v) is 8.05. The summed E-state index contributed by atoms with van der Waals surface area (Å²) in [6, 6.07) is 4.13. The van der Waals surface area contributed by atoms with Crippen LogP contribution in [0.25, 0.3) is 0 Å². The third-order valence-corrected chi connectivity index (χ3v) is 4.20. The summed E-state index contributed by atoms with van der Waals surface area (Å²) in [6.45, 7) is 0.555. The number of unbranched alkanes of at least 4 members (excludes halogenated alkanes) is 1. The van der Waals surface area contributed by atoms with Crippen LogP contribution in [-0.4, -0.2) is 11.6 Å². The van der Waals surface area contributed by atoms with Gasteiger partial charge in [-0.05, 0) is 37.5 Å². The Morgan fingerprint density at radius 3 is 2.85 bits per heavy atom. The highest BCUT2D eigenvalue weighted by molar-refractivity contribution is 7.09. The second-order valence-electron chi connectivity index (χ2n) is 4.25. The first-order chi connectivity index (χ1) is 9.69. The van der Waals surface area contributed by atoms with Crippen LogP contribution in [0.4, 0.5) is 4.39 Å². The minimum atomic E-state index is -0.360. The Balaban J connectivity index is 1.68. The summed E-state index contributed by atoms with van der Waals surface area (Å²) in [4.78, 5) is 4.39. The van der Waals surface area contributed by atoms with Crippen molar-refractivity contribution in [2.45, 2.75) is 25.1 Å². The van der Waals surface area contributed by atoms with Gasteiger partial charge in [-0.3, -0.25) is 0 Å². The molecule has 1 heterocycles. The van der Waals surface area contributed by atoms with Crippen LogP contribution in [0.15, 0.2) is 23.6 Å². The molecular formula is C14H14Cl2FNOS. The van der Waals surface area contributed by atoms with E-state index in [-0.39, 0.29) is 5.82 Å². The highest BCUT2D eigenvalue weighted by atomic mass is 35.5. The number of halogens is 3. The zero-order valence-corrected chi connectivity index (χ0v) is 13.1. The Morgan fingerprint density at radius 2 is 2.15 bits per heavy atom. The molecule has 0 atom stereocenters. The van der Waals surface area contributed by atoms with Crippen molar-refractivity contribution < 1.29 is 9.13 Å². The largest absolute Gasteiger partial charge is 0.492 e. The van der Waals surface area contributed by atoms with Crippen LogP contribution < -0.4 is 4.74 Å². The van der Waals surface area contributed by atoms with E-state index < -0.39 is 0 Å². The lowest BCUT2D eigenvalue weighted by Crippen LogP contribution is -1.99. The lowest BCUT2D eigenvalue weighted by molar-refractivity contribution is 0.306. The van der Waals surface area contributed by atoms with Crippen molar-refractivity contribution in [2.75, 3.05) is 6.61 Å². The van der Waals surface area contributed by atoms with E-state index >= 15 is 0 Å². The highest BCUT2D eigenvalue weighted by Gasteiger charge is 2.04. The number of aryl methyl sites for hydroxylation is 1. The zero-order valence-electron chi connectivity index (χ0n) is 10.7. The second kappa shape index (κ2) is 7.81. The Labute approximate surface area is 131 Å². The number of hydrogen-bond acceptors (Lipinski definition) is 3. The maximum absolute atomic E-state index is 12.9. The fourth-order valence-electron chi connectivity index (χ4n) is 1.68. The maximum Gasteiger partial charge on any atom is 0.138 e. The zero-order chi connectivity index (χ0) is 14.4. The summed E-state index contributed by atoms with van der Waals surface area (Å²) in [5.41, 5.74) is 0.931. The molecule has 0 saturated carbocycles. The average molecular weight is 334 g/mol. The molecule has 0 aliphatic carbocycles. The van der Waals surface area contributed by atoms with Crippen molar-refractivity contribution >= 4 is 34.5 Å². The summed E-state index contributed by atoms with van der Waals surface area (Å²) in [6.07, 6.45) is 2.79. The van der Waals surface area contributed by atoms with Crippen molar-refractivity contribution in [3.8, 4) is 5.75 Å². The minimum Gasteiger partial charge on any atom is -0.492 e. The van der Waals surface area contributed by atoms with Crippen molar-refractivity contribution in [1.29, 1.82) is 0 Å². The molecule has 0 fully saturated rings. The van der Waals surface area contributed by atoms with Gasteiger partial charge in [0.1, 0.15) is 11.6 Å². The fourth-order valence-corrected chi connectivity index (χ4v) is 2.97. The summed E-state index contributed by atoms with van der Waals surface area (Å²) >= 11 is 13.2. The smallest absolute Gasteiger partial charge is 0.138 e. The van der Waals surface area contributed by atoms with Gasteiger partial charge in [-0.25, -0.2) is 9.37 Å². The maximum atomic E-state index is 12.9. The normalized spacial score (nSPS) is 10.8. The molecule has 0 aliphatic heterocycles. The van der Waals surface area contributed by atoms with Crippen LogP contribution in [0, 0.1) is 5.82 Å². The fraction of sp³-hybridized carbons (Fsp3) is 0.357. The number of ether oxygens (including phenoxy) is 1. The van der Waals surface area contributed by atoms with E-state index in [1.807, 2.05) is 5.38 Å². The van der Waals surface area contributed by atoms with E-state index in [0.717, 1.165) is 30.0 Å². The molecule has 0 saturated heterocycles. The molecule has 0 aliphatic rings. The standard InChI is InChI=1S/C14H14Cl2FNOS/c15-8-11-9-20-14(18-11)3-1-2-6-19-13-5-4-10(17)7-12(13)16/h4-5,7,9H,1-3,6,8H2. The summed E-state index contributed by atoms with van der Waals surface area (Å²) in [5.74, 6) is 0.621. The Morgan fingerprint density at radius 1 is 1.30 bits per heavy atom. The Hall–Kier alpha value is -0.840. The molecule has 2 aromatic rings. The number of thiazole rings is 1. The van der Waals surface area contributed by atoms with E-state index in [1.54, 1.807) is 17.4 Å².